The Morgan fingerprint density at radius 2 is 0.617 bits per heavy atom. The van der Waals surface area contributed by atoms with Gasteiger partial charge in [0, 0.05) is 99.6 Å². The second-order valence-electron chi connectivity index (χ2n) is 33.7. The van der Waals surface area contributed by atoms with E-state index in [4.69, 9.17) is 0 Å². The summed E-state index contributed by atoms with van der Waals surface area (Å²) < 4.78 is 162. The van der Waals surface area contributed by atoms with Crippen LogP contribution in [-0.4, -0.2) is 25.0 Å². The summed E-state index contributed by atoms with van der Waals surface area (Å²) in [5.74, 6) is 0. The highest BCUT2D eigenvalue weighted by molar-refractivity contribution is 7.00. The van der Waals surface area contributed by atoms with Crippen LogP contribution in [-0.2, 0) is 16.2 Å². The fourth-order valence-electron chi connectivity index (χ4n) is 18.4. The molecule has 0 bridgehead atoms. The molecule has 0 fully saturated rings. The molecule has 22 rings (SSSR count). The highest BCUT2D eigenvalue weighted by Gasteiger charge is 2.47. The number of fused-ring (bicyclic) bond motifs is 16. The van der Waals surface area contributed by atoms with Crippen molar-refractivity contribution >= 4 is 144 Å². The summed E-state index contributed by atoms with van der Waals surface area (Å²) in [4.78, 5) is 4.74. The standard InChI is InChI=1S/C108H85BN6/c1-106(2,3)71-50-57-95-86(60-71)87-61-72(107(4,5)6)51-58-96(87)113(95)77-66-100-103-101(67-77)115(105-78(68-32-14-10-15-33-68)54-59-97-102(105)83-44-26-31-49-94(83)110(97)74-38-20-13-21-39-74)99-65-76(112-92-47-29-24-42-81(92)82-43-25-30-48-93(82)112)53-56-89(99)109(103)88-55-52-75(111-90-45-27-22-40-79(90)80-41-23-28-46-91(80)111)64-98(88)114(100)104-84(69-34-16-11-17-35-69)62-73(108(7,8)9)63-85(104)70-36-18-12-19-37-70/h10-67H,1-9H3/i22D,23D,24D,25D,27D,28D,29D,30D,40D,41D,42D,43D,45D,46D,47D,48D. The van der Waals surface area contributed by atoms with Gasteiger partial charge in [-0.3, -0.25) is 0 Å². The molecule has 0 amide bonds. The van der Waals surface area contributed by atoms with Gasteiger partial charge in [0.2, 0.25) is 0 Å². The molecule has 0 unspecified atom stereocenters. The van der Waals surface area contributed by atoms with Crippen LogP contribution >= 0.6 is 0 Å². The molecule has 0 radical (unpaired) electrons. The summed E-state index contributed by atoms with van der Waals surface area (Å²) in [6, 6.07) is 80.5. The van der Waals surface area contributed by atoms with Gasteiger partial charge in [0.25, 0.3) is 6.71 Å². The largest absolute Gasteiger partial charge is 0.310 e. The molecule has 20 aromatic rings. The van der Waals surface area contributed by atoms with Crippen LogP contribution in [0.15, 0.2) is 351 Å². The van der Waals surface area contributed by atoms with Crippen LogP contribution in [0.25, 0.3) is 143 Å². The van der Waals surface area contributed by atoms with Crippen LogP contribution in [0.1, 0.15) is 101 Å². The lowest BCUT2D eigenvalue weighted by Crippen LogP contribution is -2.61. The third kappa shape index (κ3) is 10.5. The lowest BCUT2D eigenvalue weighted by atomic mass is 9.33. The number of hydrogen-bond donors (Lipinski definition) is 0. The molecule has 16 aromatic carbocycles. The van der Waals surface area contributed by atoms with E-state index in [1.165, 1.54) is 0 Å². The van der Waals surface area contributed by atoms with E-state index in [9.17, 15) is 21.9 Å². The molecule has 0 saturated carbocycles. The van der Waals surface area contributed by atoms with Gasteiger partial charge in [0.15, 0.2) is 0 Å². The van der Waals surface area contributed by atoms with Crippen molar-refractivity contribution in [1.29, 1.82) is 0 Å². The van der Waals surface area contributed by atoms with E-state index in [1.807, 2.05) is 109 Å². The van der Waals surface area contributed by atoms with Crippen LogP contribution in [0.5, 0.6) is 0 Å². The summed E-state index contributed by atoms with van der Waals surface area (Å²) in [5.41, 5.74) is 19.2. The number of benzene rings is 16. The average Bonchev–Trinajstić information content (AvgIpc) is 1.62. The maximum Gasteiger partial charge on any atom is 0.252 e. The van der Waals surface area contributed by atoms with E-state index < -0.39 is 109 Å². The molecule has 550 valence electrons. The van der Waals surface area contributed by atoms with Gasteiger partial charge in [-0.2, -0.15) is 0 Å². The molecule has 115 heavy (non-hydrogen) atoms. The smallest absolute Gasteiger partial charge is 0.252 e. The Balaban J connectivity index is 1.00. The Kier molecular flexibility index (Phi) is 11.8. The van der Waals surface area contributed by atoms with Crippen molar-refractivity contribution < 1.29 is 21.9 Å². The van der Waals surface area contributed by atoms with Gasteiger partial charge in [-0.1, -0.05) is 293 Å². The minimum Gasteiger partial charge on any atom is -0.310 e. The van der Waals surface area contributed by atoms with Gasteiger partial charge in [0.05, 0.1) is 83.1 Å². The predicted octanol–water partition coefficient (Wildman–Crippen LogP) is 27.1. The fourth-order valence-corrected chi connectivity index (χ4v) is 18.4. The second kappa shape index (κ2) is 25.4. The first kappa shape index (κ1) is 53.3. The molecule has 0 saturated heterocycles. The van der Waals surface area contributed by atoms with E-state index in [0.717, 1.165) is 127 Å². The lowest BCUT2D eigenvalue weighted by Gasteiger charge is -2.46. The normalized spacial score (nSPS) is 15.0. The molecule has 0 atom stereocenters. The molecule has 0 N–H and O–H groups in total. The van der Waals surface area contributed by atoms with Crippen LogP contribution in [0, 0.1) is 0 Å². The summed E-state index contributed by atoms with van der Waals surface area (Å²) in [5, 5.41) is 3.47. The van der Waals surface area contributed by atoms with Crippen molar-refractivity contribution in [3.63, 3.8) is 0 Å². The van der Waals surface area contributed by atoms with Crippen LogP contribution in [0.3, 0.4) is 0 Å². The van der Waals surface area contributed by atoms with Crippen molar-refractivity contribution in [2.24, 2.45) is 0 Å². The number of aromatic nitrogens is 4. The fraction of sp³-hybridized carbons (Fsp3) is 0.111. The van der Waals surface area contributed by atoms with Crippen molar-refractivity contribution in [3.8, 4) is 56.1 Å². The van der Waals surface area contributed by atoms with E-state index >= 15 is 0 Å². The zero-order valence-electron chi connectivity index (χ0n) is 81.0. The number of para-hydroxylation sites is 6. The van der Waals surface area contributed by atoms with Crippen molar-refractivity contribution in [2.45, 2.75) is 78.6 Å². The Morgan fingerprint density at radius 3 is 1.07 bits per heavy atom. The predicted molar refractivity (Wildman–Crippen MR) is 490 cm³/mol. The molecular weight excluding hydrogens is 1390 g/mol. The van der Waals surface area contributed by atoms with Gasteiger partial charge in [-0.25, -0.2) is 0 Å². The van der Waals surface area contributed by atoms with Gasteiger partial charge in [0.1, 0.15) is 0 Å². The first-order valence-corrected chi connectivity index (χ1v) is 39.3. The zero-order valence-corrected chi connectivity index (χ0v) is 65.0. The maximum atomic E-state index is 10.1. The monoisotopic (exact) mass is 1490 g/mol. The highest BCUT2D eigenvalue weighted by atomic mass is 15.2. The van der Waals surface area contributed by atoms with Gasteiger partial charge in [-0.15, -0.1) is 0 Å². The Hall–Kier alpha value is -13.6. The molecule has 0 aliphatic carbocycles. The summed E-state index contributed by atoms with van der Waals surface area (Å²) in [6.07, 6.45) is 0. The van der Waals surface area contributed by atoms with Crippen molar-refractivity contribution in [3.05, 3.63) is 368 Å². The number of nitrogens with zero attached hydrogens (tertiary/aromatic N) is 6. The van der Waals surface area contributed by atoms with Gasteiger partial charge < -0.3 is 28.1 Å². The highest BCUT2D eigenvalue weighted by Crippen LogP contribution is 2.56. The third-order valence-electron chi connectivity index (χ3n) is 23.9. The van der Waals surface area contributed by atoms with Crippen LogP contribution < -0.4 is 26.2 Å². The number of anilines is 6. The Labute approximate surface area is 693 Å². The van der Waals surface area contributed by atoms with E-state index in [-0.39, 0.29) is 54.4 Å². The van der Waals surface area contributed by atoms with Crippen LogP contribution in [0.4, 0.5) is 34.1 Å². The summed E-state index contributed by atoms with van der Waals surface area (Å²) >= 11 is 0. The molecule has 2 aliphatic rings. The first-order valence-electron chi connectivity index (χ1n) is 47.3. The number of rotatable bonds is 9. The summed E-state index contributed by atoms with van der Waals surface area (Å²) in [7, 11) is 0. The summed E-state index contributed by atoms with van der Waals surface area (Å²) in [6.45, 7) is 19.2. The van der Waals surface area contributed by atoms with Gasteiger partial charge >= 0.3 is 0 Å². The Morgan fingerprint density at radius 1 is 0.252 bits per heavy atom. The molecule has 6 heterocycles. The quantitative estimate of drug-likeness (QED) is 0.135. The maximum absolute atomic E-state index is 10.1. The SMILES string of the molecule is [2H]c1c([2H])c([2H])c2c(c1[2H])c1c([2H])c([2H])c([2H])c([2H])c1n2-c1ccc2c(c1)N(c1c(-c3ccccc3)cc(C(C)(C)C)cc1-c1ccccc1)c1cc(-n3c4ccc(C(C)(C)C)cc4c4cc(C(C)(C)C)ccc43)cc3c1B2c1ccc(-n2c4c([2H])c([2H])c([2H])c([2H])c4c4c([2H])c([2H])c([2H])c([2H])c42)cc1N3c1c(-c2ccccc2)ccc2c1c1ccccc1n2-c1ccccc1. The molecule has 4 aromatic heterocycles. The number of hydrogen-bond acceptors (Lipinski definition) is 2. The average molecular weight is 1490 g/mol. The van der Waals surface area contributed by atoms with Crippen molar-refractivity contribution in [1.82, 2.24) is 18.3 Å². The topological polar surface area (TPSA) is 26.2 Å². The minimum atomic E-state index is -0.851. The van der Waals surface area contributed by atoms with E-state index in [1.54, 1.807) is 9.13 Å². The van der Waals surface area contributed by atoms with E-state index in [2.05, 4.69) is 227 Å². The molecule has 2 aliphatic heterocycles. The van der Waals surface area contributed by atoms with Crippen molar-refractivity contribution in [2.75, 3.05) is 9.80 Å². The van der Waals surface area contributed by atoms with Gasteiger partial charge in [-0.05, 0) is 187 Å². The lowest BCUT2D eigenvalue weighted by molar-refractivity contribution is 0.590. The molecular formula is C108H85BN6. The first-order chi connectivity index (χ1) is 62.6. The molecule has 7 heteroatoms. The molecule has 6 nitrogen and oxygen atoms in total. The molecule has 0 spiro atoms. The minimum absolute atomic E-state index is 0.0617. The third-order valence-corrected chi connectivity index (χ3v) is 23.9. The van der Waals surface area contributed by atoms with Crippen LogP contribution in [0.2, 0.25) is 0 Å². The zero-order chi connectivity index (χ0) is 91.4. The Bertz CT molecular complexity index is 8140. The van der Waals surface area contributed by atoms with E-state index in [0.29, 0.717) is 39.6 Å². The second-order valence-corrected chi connectivity index (χ2v) is 33.7.